The number of amides is 1. The van der Waals surface area contributed by atoms with E-state index in [0.29, 0.717) is 13.0 Å². The summed E-state index contributed by atoms with van der Waals surface area (Å²) in [5.41, 5.74) is 3.01. The van der Waals surface area contributed by atoms with Crippen LogP contribution in [0.2, 0.25) is 0 Å². The molecule has 2 heterocycles. The molecule has 1 aliphatic rings. The predicted molar refractivity (Wildman–Crippen MR) is 107 cm³/mol. The lowest BCUT2D eigenvalue weighted by Gasteiger charge is -2.35. The maximum absolute atomic E-state index is 12.6. The van der Waals surface area contributed by atoms with E-state index in [2.05, 4.69) is 37.9 Å². The number of ether oxygens (including phenoxy) is 1. The average molecular weight is 392 g/mol. The van der Waals surface area contributed by atoms with Crippen molar-refractivity contribution in [2.75, 3.05) is 32.8 Å². The first-order chi connectivity index (χ1) is 14.3. The summed E-state index contributed by atoms with van der Waals surface area (Å²) in [5.74, 6) is 0.00867. The van der Waals surface area contributed by atoms with E-state index in [9.17, 15) is 4.79 Å². The van der Waals surface area contributed by atoms with Gasteiger partial charge in [-0.15, -0.1) is 5.10 Å². The van der Waals surface area contributed by atoms with E-state index in [1.807, 2.05) is 42.5 Å². The van der Waals surface area contributed by atoms with E-state index < -0.39 is 0 Å². The van der Waals surface area contributed by atoms with Crippen molar-refractivity contribution in [1.29, 1.82) is 0 Å². The molecular formula is C21H24N6O2. The monoisotopic (exact) mass is 392 g/mol. The van der Waals surface area contributed by atoms with Gasteiger partial charge in [0, 0.05) is 19.6 Å². The number of carbonyl (C=O) groups excluding carboxylic acids is 1. The Balaban J connectivity index is 1.36. The summed E-state index contributed by atoms with van der Waals surface area (Å²) in [7, 11) is 0. The fraction of sp³-hybridized carbons (Fsp3) is 0.333. The molecule has 1 aromatic heterocycles. The summed E-state index contributed by atoms with van der Waals surface area (Å²) >= 11 is 0. The molecule has 1 N–H and O–H groups in total. The third kappa shape index (κ3) is 5.04. The molecule has 2 aromatic carbocycles. The lowest BCUT2D eigenvalue weighted by atomic mass is 10.0. The van der Waals surface area contributed by atoms with Crippen LogP contribution in [0.15, 0.2) is 60.9 Å². The standard InChI is InChI=1S/C21H24N6O2/c28-21(14-17-6-8-19(9-7-17)27-16-23-24-25-27)22-15-20(18-4-2-1-3-5-18)26-10-12-29-13-11-26/h1-9,16,20H,10-15H2,(H,22,28). The van der Waals surface area contributed by atoms with Gasteiger partial charge in [0.15, 0.2) is 0 Å². The molecule has 1 fully saturated rings. The molecule has 3 aromatic rings. The number of rotatable bonds is 7. The molecule has 1 aliphatic heterocycles. The van der Waals surface area contributed by atoms with Crippen molar-refractivity contribution in [1.82, 2.24) is 30.4 Å². The van der Waals surface area contributed by atoms with E-state index in [4.69, 9.17) is 4.74 Å². The number of benzene rings is 2. The van der Waals surface area contributed by atoms with Gasteiger partial charge in [-0.1, -0.05) is 42.5 Å². The number of morpholine rings is 1. The Morgan fingerprint density at radius 2 is 1.83 bits per heavy atom. The summed E-state index contributed by atoms with van der Waals surface area (Å²) in [6.07, 6.45) is 1.87. The van der Waals surface area contributed by atoms with Gasteiger partial charge < -0.3 is 10.1 Å². The number of carbonyl (C=O) groups is 1. The van der Waals surface area contributed by atoms with Gasteiger partial charge >= 0.3 is 0 Å². The molecule has 29 heavy (non-hydrogen) atoms. The number of tetrazole rings is 1. The smallest absolute Gasteiger partial charge is 0.224 e. The molecule has 150 valence electrons. The quantitative estimate of drug-likeness (QED) is 0.654. The molecule has 4 rings (SSSR count). The van der Waals surface area contributed by atoms with Crippen molar-refractivity contribution < 1.29 is 9.53 Å². The van der Waals surface area contributed by atoms with Crippen LogP contribution in [0.5, 0.6) is 0 Å². The number of aromatic nitrogens is 4. The molecule has 0 bridgehead atoms. The molecule has 8 heteroatoms. The highest BCUT2D eigenvalue weighted by molar-refractivity contribution is 5.78. The lowest BCUT2D eigenvalue weighted by molar-refractivity contribution is -0.120. The summed E-state index contributed by atoms with van der Waals surface area (Å²) in [5, 5.41) is 14.2. The van der Waals surface area contributed by atoms with Crippen LogP contribution >= 0.6 is 0 Å². The van der Waals surface area contributed by atoms with E-state index >= 15 is 0 Å². The Morgan fingerprint density at radius 3 is 2.52 bits per heavy atom. The minimum Gasteiger partial charge on any atom is -0.379 e. The van der Waals surface area contributed by atoms with Crippen molar-refractivity contribution in [2.45, 2.75) is 12.5 Å². The van der Waals surface area contributed by atoms with E-state index in [1.54, 1.807) is 4.68 Å². The number of nitrogens with one attached hydrogen (secondary N) is 1. The third-order valence-electron chi connectivity index (χ3n) is 5.08. The van der Waals surface area contributed by atoms with Crippen LogP contribution in [0.25, 0.3) is 5.69 Å². The molecule has 0 spiro atoms. The van der Waals surface area contributed by atoms with Crippen molar-refractivity contribution in [3.05, 3.63) is 72.1 Å². The Hall–Kier alpha value is -3.10. The Labute approximate surface area is 169 Å². The zero-order valence-corrected chi connectivity index (χ0v) is 16.1. The molecule has 1 amide bonds. The molecule has 0 aliphatic carbocycles. The largest absolute Gasteiger partial charge is 0.379 e. The van der Waals surface area contributed by atoms with Crippen LogP contribution < -0.4 is 5.32 Å². The lowest BCUT2D eigenvalue weighted by Crippen LogP contribution is -2.44. The SMILES string of the molecule is O=C(Cc1ccc(-n2cnnn2)cc1)NCC(c1ccccc1)N1CCOCC1. The van der Waals surface area contributed by atoms with Gasteiger partial charge in [-0.25, -0.2) is 4.68 Å². The molecular weight excluding hydrogens is 368 g/mol. The fourth-order valence-electron chi connectivity index (χ4n) is 3.53. The zero-order valence-electron chi connectivity index (χ0n) is 16.1. The van der Waals surface area contributed by atoms with Crippen LogP contribution in [0.1, 0.15) is 17.2 Å². The first-order valence-electron chi connectivity index (χ1n) is 9.75. The summed E-state index contributed by atoms with van der Waals surface area (Å²) in [6, 6.07) is 18.1. The van der Waals surface area contributed by atoms with E-state index in [1.165, 1.54) is 11.9 Å². The number of nitrogens with zero attached hydrogens (tertiary/aromatic N) is 5. The van der Waals surface area contributed by atoms with Crippen molar-refractivity contribution in [3.8, 4) is 5.69 Å². The van der Waals surface area contributed by atoms with Crippen LogP contribution in [0.4, 0.5) is 0 Å². The van der Waals surface area contributed by atoms with Crippen molar-refractivity contribution in [2.24, 2.45) is 0 Å². The fourth-order valence-corrected chi connectivity index (χ4v) is 3.53. The Morgan fingerprint density at radius 1 is 1.07 bits per heavy atom. The second-order valence-electron chi connectivity index (χ2n) is 6.98. The highest BCUT2D eigenvalue weighted by Gasteiger charge is 2.23. The van der Waals surface area contributed by atoms with Gasteiger partial charge in [-0.3, -0.25) is 9.69 Å². The van der Waals surface area contributed by atoms with Crippen molar-refractivity contribution in [3.63, 3.8) is 0 Å². The number of hydrogen-bond donors (Lipinski definition) is 1. The van der Waals surface area contributed by atoms with Crippen LogP contribution in [-0.4, -0.2) is 63.9 Å². The maximum Gasteiger partial charge on any atom is 0.224 e. The summed E-state index contributed by atoms with van der Waals surface area (Å²) in [4.78, 5) is 14.9. The molecule has 1 saturated heterocycles. The summed E-state index contributed by atoms with van der Waals surface area (Å²) in [6.45, 7) is 3.77. The maximum atomic E-state index is 12.6. The molecule has 1 unspecified atom stereocenters. The highest BCUT2D eigenvalue weighted by atomic mass is 16.5. The van der Waals surface area contributed by atoms with Gasteiger partial charge in [0.05, 0.1) is 31.4 Å². The Bertz CT molecular complexity index is 893. The first-order valence-corrected chi connectivity index (χ1v) is 9.75. The van der Waals surface area contributed by atoms with E-state index in [-0.39, 0.29) is 11.9 Å². The average Bonchev–Trinajstić information content (AvgIpc) is 3.31. The molecule has 0 radical (unpaired) electrons. The molecule has 1 atom stereocenters. The van der Waals surface area contributed by atoms with Crippen molar-refractivity contribution >= 4 is 5.91 Å². The topological polar surface area (TPSA) is 85.2 Å². The van der Waals surface area contributed by atoms with Gasteiger partial charge in [0.2, 0.25) is 5.91 Å². The minimum atomic E-state index is 0.00867. The van der Waals surface area contributed by atoms with Gasteiger partial charge in [-0.05, 0) is 33.7 Å². The molecule has 0 saturated carbocycles. The normalized spacial score (nSPS) is 15.7. The second-order valence-corrected chi connectivity index (χ2v) is 6.98. The second kappa shape index (κ2) is 9.40. The van der Waals surface area contributed by atoms with Gasteiger partial charge in [0.1, 0.15) is 6.33 Å². The Kier molecular flexibility index (Phi) is 6.23. The first kappa shape index (κ1) is 19.2. The highest BCUT2D eigenvalue weighted by Crippen LogP contribution is 2.21. The predicted octanol–water partition coefficient (Wildman–Crippen LogP) is 1.39. The summed E-state index contributed by atoms with van der Waals surface area (Å²) < 4.78 is 7.06. The number of hydrogen-bond acceptors (Lipinski definition) is 6. The van der Waals surface area contributed by atoms with Gasteiger partial charge in [0.25, 0.3) is 0 Å². The molecule has 8 nitrogen and oxygen atoms in total. The minimum absolute atomic E-state index is 0.00867. The van der Waals surface area contributed by atoms with Crippen LogP contribution in [0.3, 0.4) is 0 Å². The van der Waals surface area contributed by atoms with E-state index in [0.717, 1.165) is 37.6 Å². The van der Waals surface area contributed by atoms with Crippen LogP contribution in [-0.2, 0) is 16.0 Å². The van der Waals surface area contributed by atoms with Gasteiger partial charge in [-0.2, -0.15) is 0 Å². The zero-order chi connectivity index (χ0) is 19.9. The van der Waals surface area contributed by atoms with Crippen LogP contribution in [0, 0.1) is 0 Å². The third-order valence-corrected chi connectivity index (χ3v) is 5.08.